The van der Waals surface area contributed by atoms with Gasteiger partial charge < -0.3 is 4.90 Å². The fourth-order valence-electron chi connectivity index (χ4n) is 3.20. The molecule has 0 aromatic rings. The first-order valence-corrected chi connectivity index (χ1v) is 6.99. The van der Waals surface area contributed by atoms with E-state index in [0.29, 0.717) is 12.5 Å². The van der Waals surface area contributed by atoms with Gasteiger partial charge in [0.05, 0.1) is 18.5 Å². The van der Waals surface area contributed by atoms with Gasteiger partial charge in [-0.25, -0.2) is 0 Å². The molecular formula is C14H23N3O. The predicted octanol–water partition coefficient (Wildman–Crippen LogP) is 1.48. The summed E-state index contributed by atoms with van der Waals surface area (Å²) in [6, 6.07) is 2.74. The zero-order valence-corrected chi connectivity index (χ0v) is 11.4. The van der Waals surface area contributed by atoms with Crippen LogP contribution in [0.25, 0.3) is 0 Å². The molecule has 0 radical (unpaired) electrons. The Hall–Kier alpha value is -1.08. The lowest BCUT2D eigenvalue weighted by Gasteiger charge is -2.38. The number of hydrogen-bond acceptors (Lipinski definition) is 3. The van der Waals surface area contributed by atoms with E-state index in [2.05, 4.69) is 17.9 Å². The minimum absolute atomic E-state index is 0.109. The monoisotopic (exact) mass is 249 g/mol. The van der Waals surface area contributed by atoms with E-state index in [9.17, 15) is 10.1 Å². The second kappa shape index (κ2) is 5.71. The van der Waals surface area contributed by atoms with E-state index in [-0.39, 0.29) is 17.9 Å². The van der Waals surface area contributed by atoms with Crippen LogP contribution in [0.15, 0.2) is 0 Å². The average molecular weight is 249 g/mol. The molecule has 1 amide bonds. The van der Waals surface area contributed by atoms with Gasteiger partial charge in [0.25, 0.3) is 0 Å². The average Bonchev–Trinajstić information content (AvgIpc) is 2.52. The minimum Gasteiger partial charge on any atom is -0.345 e. The lowest BCUT2D eigenvalue weighted by Crippen LogP contribution is -2.46. The van der Waals surface area contributed by atoms with Crippen LogP contribution in [0, 0.1) is 23.2 Å². The molecule has 0 aromatic heterocycles. The van der Waals surface area contributed by atoms with Crippen LogP contribution in [-0.4, -0.2) is 48.4 Å². The first-order chi connectivity index (χ1) is 8.61. The van der Waals surface area contributed by atoms with Crippen molar-refractivity contribution in [1.29, 1.82) is 5.26 Å². The highest BCUT2D eigenvalue weighted by Crippen LogP contribution is 2.32. The molecule has 0 aromatic carbocycles. The van der Waals surface area contributed by atoms with Gasteiger partial charge in [-0.15, -0.1) is 0 Å². The molecule has 2 rings (SSSR count). The fraction of sp³-hybridized carbons (Fsp3) is 0.857. The smallest absolute Gasteiger partial charge is 0.236 e. The van der Waals surface area contributed by atoms with Gasteiger partial charge in [0.15, 0.2) is 0 Å². The second-order valence-electron chi connectivity index (χ2n) is 5.86. The van der Waals surface area contributed by atoms with Gasteiger partial charge in [0.1, 0.15) is 0 Å². The van der Waals surface area contributed by atoms with Crippen molar-refractivity contribution in [3.05, 3.63) is 0 Å². The molecule has 18 heavy (non-hydrogen) atoms. The van der Waals surface area contributed by atoms with Gasteiger partial charge in [-0.2, -0.15) is 5.26 Å². The van der Waals surface area contributed by atoms with Crippen molar-refractivity contribution in [1.82, 2.24) is 9.80 Å². The number of carbonyl (C=O) groups is 1. The van der Waals surface area contributed by atoms with Crippen LogP contribution in [0.2, 0.25) is 0 Å². The van der Waals surface area contributed by atoms with Crippen LogP contribution in [0.1, 0.15) is 32.6 Å². The molecule has 0 spiro atoms. The Kier molecular flexibility index (Phi) is 4.23. The molecule has 1 heterocycles. The lowest BCUT2D eigenvalue weighted by atomic mass is 9.79. The zero-order chi connectivity index (χ0) is 13.1. The largest absolute Gasteiger partial charge is 0.345 e. The summed E-state index contributed by atoms with van der Waals surface area (Å²) in [6.45, 7) is 4.54. The highest BCUT2D eigenvalue weighted by atomic mass is 16.2. The summed E-state index contributed by atoms with van der Waals surface area (Å²) in [4.78, 5) is 16.0. The minimum atomic E-state index is 0.109. The van der Waals surface area contributed by atoms with Gasteiger partial charge in [0, 0.05) is 26.2 Å². The molecule has 4 heteroatoms. The molecule has 100 valence electrons. The topological polar surface area (TPSA) is 47.3 Å². The van der Waals surface area contributed by atoms with Crippen molar-refractivity contribution in [3.8, 4) is 6.07 Å². The number of hydrogen-bond donors (Lipinski definition) is 0. The van der Waals surface area contributed by atoms with Crippen LogP contribution in [0.5, 0.6) is 0 Å². The molecular weight excluding hydrogens is 226 g/mol. The summed E-state index contributed by atoms with van der Waals surface area (Å²) < 4.78 is 0. The van der Waals surface area contributed by atoms with E-state index in [1.54, 1.807) is 0 Å². The standard InChI is InChI=1S/C14H23N3O/c1-11-4-5-12(9-15)13(8-11)17-7-3-6-16(2)14(18)10-17/h11-13H,3-8,10H2,1-2H3. The highest BCUT2D eigenvalue weighted by Gasteiger charge is 2.34. The van der Waals surface area contributed by atoms with Crippen LogP contribution >= 0.6 is 0 Å². The predicted molar refractivity (Wildman–Crippen MR) is 69.7 cm³/mol. The quantitative estimate of drug-likeness (QED) is 0.707. The Morgan fingerprint density at radius 1 is 1.33 bits per heavy atom. The Morgan fingerprint density at radius 3 is 2.83 bits per heavy atom. The first kappa shape index (κ1) is 13.4. The van der Waals surface area contributed by atoms with E-state index in [1.165, 1.54) is 0 Å². The third kappa shape index (κ3) is 2.84. The molecule has 2 fully saturated rings. The van der Waals surface area contributed by atoms with Gasteiger partial charge in [-0.3, -0.25) is 9.69 Å². The van der Waals surface area contributed by atoms with Crippen LogP contribution in [-0.2, 0) is 4.79 Å². The van der Waals surface area contributed by atoms with Crippen molar-refractivity contribution in [3.63, 3.8) is 0 Å². The molecule has 1 aliphatic heterocycles. The number of likely N-dealkylation sites (N-methyl/N-ethyl adjacent to an activating group) is 1. The summed E-state index contributed by atoms with van der Waals surface area (Å²) in [5.74, 6) is 0.982. The molecule has 1 saturated carbocycles. The van der Waals surface area contributed by atoms with Gasteiger partial charge in [-0.1, -0.05) is 6.92 Å². The number of amides is 1. The van der Waals surface area contributed by atoms with Crippen LogP contribution in [0.3, 0.4) is 0 Å². The fourth-order valence-corrected chi connectivity index (χ4v) is 3.20. The Morgan fingerprint density at radius 2 is 2.11 bits per heavy atom. The number of carbonyl (C=O) groups excluding carboxylic acids is 1. The van der Waals surface area contributed by atoms with E-state index in [4.69, 9.17) is 0 Å². The molecule has 0 bridgehead atoms. The Balaban J connectivity index is 2.08. The molecule has 1 saturated heterocycles. The normalized spacial score (nSPS) is 35.1. The summed E-state index contributed by atoms with van der Waals surface area (Å²) >= 11 is 0. The van der Waals surface area contributed by atoms with Gasteiger partial charge in [0.2, 0.25) is 5.91 Å². The molecule has 3 atom stereocenters. The third-order valence-electron chi connectivity index (χ3n) is 4.42. The number of nitriles is 1. The summed E-state index contributed by atoms with van der Waals surface area (Å²) in [6.07, 6.45) is 4.22. The second-order valence-corrected chi connectivity index (χ2v) is 5.86. The molecule has 0 N–H and O–H groups in total. The van der Waals surface area contributed by atoms with E-state index >= 15 is 0 Å². The van der Waals surface area contributed by atoms with Crippen molar-refractivity contribution >= 4 is 5.91 Å². The van der Waals surface area contributed by atoms with Crippen LogP contribution < -0.4 is 0 Å². The van der Waals surface area contributed by atoms with Crippen molar-refractivity contribution in [2.24, 2.45) is 11.8 Å². The number of rotatable bonds is 1. The third-order valence-corrected chi connectivity index (χ3v) is 4.42. The van der Waals surface area contributed by atoms with Crippen LogP contribution in [0.4, 0.5) is 0 Å². The Labute approximate surface area is 110 Å². The molecule has 2 aliphatic rings. The highest BCUT2D eigenvalue weighted by molar-refractivity contribution is 5.78. The van der Waals surface area contributed by atoms with Crippen molar-refractivity contribution in [2.45, 2.75) is 38.6 Å². The van der Waals surface area contributed by atoms with Crippen molar-refractivity contribution in [2.75, 3.05) is 26.7 Å². The molecule has 1 aliphatic carbocycles. The van der Waals surface area contributed by atoms with E-state index in [0.717, 1.165) is 38.8 Å². The zero-order valence-electron chi connectivity index (χ0n) is 11.4. The van der Waals surface area contributed by atoms with E-state index in [1.807, 2.05) is 11.9 Å². The van der Waals surface area contributed by atoms with Crippen molar-refractivity contribution < 1.29 is 4.79 Å². The number of nitrogens with zero attached hydrogens (tertiary/aromatic N) is 3. The molecule has 3 unspecified atom stereocenters. The van der Waals surface area contributed by atoms with E-state index < -0.39 is 0 Å². The molecule has 4 nitrogen and oxygen atoms in total. The maximum atomic E-state index is 11.9. The maximum Gasteiger partial charge on any atom is 0.236 e. The maximum absolute atomic E-state index is 11.9. The lowest BCUT2D eigenvalue weighted by molar-refractivity contribution is -0.130. The summed E-state index contributed by atoms with van der Waals surface area (Å²) in [5, 5.41) is 9.29. The van der Waals surface area contributed by atoms with Gasteiger partial charge in [-0.05, 0) is 31.6 Å². The SMILES string of the molecule is CC1CCC(C#N)C(N2CCCN(C)C(=O)C2)C1. The summed E-state index contributed by atoms with van der Waals surface area (Å²) in [7, 11) is 1.87. The van der Waals surface area contributed by atoms with Gasteiger partial charge >= 0.3 is 0 Å². The Bertz CT molecular complexity index is 349. The first-order valence-electron chi connectivity index (χ1n) is 6.99. The summed E-state index contributed by atoms with van der Waals surface area (Å²) in [5.41, 5.74) is 0.